The van der Waals surface area contributed by atoms with E-state index in [4.69, 9.17) is 14.2 Å². The molecule has 9 atom stereocenters. The molecule has 2 saturated heterocycles. The molecule has 0 spiro atoms. The van der Waals surface area contributed by atoms with E-state index in [-0.39, 0.29) is 36.5 Å². The van der Waals surface area contributed by atoms with Crippen LogP contribution < -0.4 is 0 Å². The molecule has 45 heavy (non-hydrogen) atoms. The van der Waals surface area contributed by atoms with Crippen molar-refractivity contribution in [3.8, 4) is 0 Å². The number of hydrogen-bond acceptors (Lipinski definition) is 7. The van der Waals surface area contributed by atoms with Gasteiger partial charge in [-0.1, -0.05) is 90.4 Å². The van der Waals surface area contributed by atoms with E-state index in [1.165, 1.54) is 44.9 Å². The van der Waals surface area contributed by atoms with E-state index in [0.29, 0.717) is 37.7 Å². The molecule has 3 aliphatic heterocycles. The summed E-state index contributed by atoms with van der Waals surface area (Å²) in [7, 11) is 0. The van der Waals surface area contributed by atoms with Crippen molar-refractivity contribution in [2.24, 2.45) is 0 Å². The maximum atomic E-state index is 14.4. The zero-order valence-electron chi connectivity index (χ0n) is 28.4. The number of alkyl halides is 1. The Labute approximate surface area is 272 Å². The first-order valence-corrected chi connectivity index (χ1v) is 18.7. The Morgan fingerprint density at radius 1 is 0.711 bits per heavy atom. The van der Waals surface area contributed by atoms with Crippen molar-refractivity contribution in [2.75, 3.05) is 0 Å². The fourth-order valence-corrected chi connectivity index (χ4v) is 7.27. The number of aliphatic hydroxyl groups is 3. The van der Waals surface area contributed by atoms with Gasteiger partial charge in [0, 0.05) is 12.0 Å². The lowest BCUT2D eigenvalue weighted by Crippen LogP contribution is -2.33. The lowest BCUT2D eigenvalue weighted by molar-refractivity contribution is -0.139. The van der Waals surface area contributed by atoms with Gasteiger partial charge < -0.3 is 29.5 Å². The lowest BCUT2D eigenvalue weighted by Gasteiger charge is -2.24. The predicted molar refractivity (Wildman–Crippen MR) is 176 cm³/mol. The molecule has 7 nitrogen and oxygen atoms in total. The van der Waals surface area contributed by atoms with E-state index >= 15 is 0 Å². The van der Waals surface area contributed by atoms with Crippen LogP contribution in [0.25, 0.3) is 0 Å². The zero-order valence-corrected chi connectivity index (χ0v) is 28.4. The second-order valence-corrected chi connectivity index (χ2v) is 14.2. The fourth-order valence-electron chi connectivity index (χ4n) is 7.27. The number of ether oxygens (including phenoxy) is 3. The maximum absolute atomic E-state index is 14.4. The first-order valence-electron chi connectivity index (χ1n) is 18.7. The fraction of sp³-hybridized carbons (Fsp3) is 0.919. The molecule has 262 valence electrons. The molecular formula is C37H65FO7. The predicted octanol–water partition coefficient (Wildman–Crippen LogP) is 7.81. The van der Waals surface area contributed by atoms with E-state index in [1.54, 1.807) is 13.0 Å². The Morgan fingerprint density at radius 2 is 1.18 bits per heavy atom. The van der Waals surface area contributed by atoms with Crippen LogP contribution >= 0.6 is 0 Å². The number of aliphatic hydroxyl groups excluding tert-OH is 3. The second kappa shape index (κ2) is 21.7. The van der Waals surface area contributed by atoms with E-state index in [9.17, 15) is 24.5 Å². The Bertz CT molecular complexity index is 838. The summed E-state index contributed by atoms with van der Waals surface area (Å²) in [5, 5.41) is 31.6. The van der Waals surface area contributed by atoms with Gasteiger partial charge >= 0.3 is 5.97 Å². The highest BCUT2D eigenvalue weighted by molar-refractivity contribution is 5.90. The zero-order chi connectivity index (χ0) is 32.4. The van der Waals surface area contributed by atoms with Gasteiger partial charge in [0.05, 0.1) is 42.7 Å². The van der Waals surface area contributed by atoms with Gasteiger partial charge in [-0.15, -0.1) is 0 Å². The van der Waals surface area contributed by atoms with Crippen LogP contribution in [0.15, 0.2) is 11.6 Å². The maximum Gasteiger partial charge on any atom is 0.334 e. The molecule has 0 radical (unpaired) electrons. The SMILES string of the molecule is CCCCCCCCCC[C@@H](O)[C@H]1CC[C@H]([C@H]2CC[C@H](C(O)CCCCC([18F])CCCCCC(O)CC3=C[C@H](C)OC3=O)O2)O1. The van der Waals surface area contributed by atoms with Gasteiger partial charge in [0.2, 0.25) is 0 Å². The van der Waals surface area contributed by atoms with Crippen molar-refractivity contribution in [2.45, 2.75) is 217 Å². The van der Waals surface area contributed by atoms with Crippen LogP contribution in [0.4, 0.5) is 4.39 Å². The van der Waals surface area contributed by atoms with Crippen LogP contribution in [0.2, 0.25) is 0 Å². The van der Waals surface area contributed by atoms with Gasteiger partial charge in [0.15, 0.2) is 0 Å². The van der Waals surface area contributed by atoms with Crippen LogP contribution in [0.1, 0.15) is 162 Å². The van der Waals surface area contributed by atoms with Gasteiger partial charge in [-0.05, 0) is 70.8 Å². The second-order valence-electron chi connectivity index (χ2n) is 14.2. The molecule has 0 aromatic carbocycles. The molecule has 2 fully saturated rings. The number of esters is 1. The first kappa shape index (κ1) is 38.4. The van der Waals surface area contributed by atoms with Crippen LogP contribution in [0, 0.1) is 0 Å². The summed E-state index contributed by atoms with van der Waals surface area (Å²) in [5.41, 5.74) is 0.555. The molecule has 3 aliphatic rings. The standard InChI is InChI=1S/C37H65FO7/c1-3-4-5-6-7-8-9-13-19-31(40)33-21-23-35(44-33)36-24-22-34(45-36)32(41)20-15-14-17-29(38)16-11-10-12-18-30(39)26-28-25-27(2)43-37(28)42/h25,27,29-36,39-41H,3-24,26H2,1-2H3/t27-,29?,30?,31+,32?,33+,34+,35+,36+/m0/s1/i38-1. The van der Waals surface area contributed by atoms with E-state index in [2.05, 4.69) is 6.92 Å². The minimum Gasteiger partial charge on any atom is -0.455 e. The normalized spacial score (nSPS) is 27.8. The summed E-state index contributed by atoms with van der Waals surface area (Å²) in [4.78, 5) is 11.7. The third-order valence-corrected chi connectivity index (χ3v) is 10.1. The molecular weight excluding hydrogens is 574 g/mol. The van der Waals surface area contributed by atoms with Gasteiger partial charge in [-0.2, -0.15) is 0 Å². The molecule has 3 N–H and O–H groups in total. The summed E-state index contributed by atoms with van der Waals surface area (Å²) < 4.78 is 31.9. The summed E-state index contributed by atoms with van der Waals surface area (Å²) in [6, 6.07) is 0. The number of halogens is 1. The van der Waals surface area contributed by atoms with Crippen molar-refractivity contribution >= 4 is 5.97 Å². The molecule has 0 aromatic heterocycles. The Balaban J connectivity index is 1.16. The Morgan fingerprint density at radius 3 is 1.73 bits per heavy atom. The lowest BCUT2D eigenvalue weighted by atomic mass is 9.99. The van der Waals surface area contributed by atoms with Crippen LogP contribution in [0.5, 0.6) is 0 Å². The summed E-state index contributed by atoms with van der Waals surface area (Å²) in [6.07, 6.45) is 19.9. The average molecular weight is 640 g/mol. The summed E-state index contributed by atoms with van der Waals surface area (Å²) >= 11 is 0. The number of cyclic esters (lactones) is 1. The van der Waals surface area contributed by atoms with Crippen molar-refractivity contribution in [3.05, 3.63) is 11.6 Å². The molecule has 3 heterocycles. The molecule has 0 aliphatic carbocycles. The summed E-state index contributed by atoms with van der Waals surface area (Å²) in [6.45, 7) is 4.05. The van der Waals surface area contributed by atoms with Gasteiger partial charge in [0.1, 0.15) is 12.3 Å². The number of rotatable bonds is 25. The molecule has 3 unspecified atom stereocenters. The topological polar surface area (TPSA) is 105 Å². The van der Waals surface area contributed by atoms with E-state index in [0.717, 1.165) is 70.6 Å². The number of carbonyl (C=O) groups excluding carboxylic acids is 1. The number of hydrogen-bond donors (Lipinski definition) is 3. The minimum absolute atomic E-state index is 0.00304. The Kier molecular flexibility index (Phi) is 18.5. The van der Waals surface area contributed by atoms with Crippen LogP contribution in [0.3, 0.4) is 0 Å². The first-order chi connectivity index (χ1) is 21.8. The van der Waals surface area contributed by atoms with Gasteiger partial charge in [0.25, 0.3) is 0 Å². The molecule has 0 amide bonds. The van der Waals surface area contributed by atoms with Crippen molar-refractivity contribution < 1.29 is 38.7 Å². The van der Waals surface area contributed by atoms with Crippen molar-refractivity contribution in [3.63, 3.8) is 0 Å². The number of carbonyl (C=O) groups is 1. The number of unbranched alkanes of at least 4 members (excludes halogenated alkanes) is 10. The highest BCUT2D eigenvalue weighted by Gasteiger charge is 2.40. The third kappa shape index (κ3) is 14.7. The van der Waals surface area contributed by atoms with Crippen molar-refractivity contribution in [1.29, 1.82) is 0 Å². The van der Waals surface area contributed by atoms with Crippen LogP contribution in [-0.4, -0.2) is 76.3 Å². The van der Waals surface area contributed by atoms with Gasteiger partial charge in [-0.25, -0.2) is 9.18 Å². The summed E-state index contributed by atoms with van der Waals surface area (Å²) in [5.74, 6) is -0.331. The van der Waals surface area contributed by atoms with Gasteiger partial charge in [-0.3, -0.25) is 0 Å². The minimum atomic E-state index is -0.836. The smallest absolute Gasteiger partial charge is 0.334 e. The Hall–Kier alpha value is -1.06. The molecule has 0 aromatic rings. The van der Waals surface area contributed by atoms with E-state index in [1.807, 2.05) is 0 Å². The largest absolute Gasteiger partial charge is 0.455 e. The third-order valence-electron chi connectivity index (χ3n) is 10.1. The molecule has 0 saturated carbocycles. The molecule has 8 heteroatoms. The highest BCUT2D eigenvalue weighted by atomic mass is 18.2. The highest BCUT2D eigenvalue weighted by Crippen LogP contribution is 2.34. The van der Waals surface area contributed by atoms with E-state index < -0.39 is 24.5 Å². The monoisotopic (exact) mass is 639 g/mol. The van der Waals surface area contributed by atoms with Crippen molar-refractivity contribution in [1.82, 2.24) is 0 Å². The quantitative estimate of drug-likeness (QED) is 0.0691. The molecule has 3 rings (SSSR count). The molecule has 0 bridgehead atoms. The average Bonchev–Trinajstić information content (AvgIpc) is 3.76. The van der Waals surface area contributed by atoms with Crippen LogP contribution in [-0.2, 0) is 19.0 Å².